The van der Waals surface area contributed by atoms with Crippen LogP contribution in [-0.2, 0) is 29.2 Å². The van der Waals surface area contributed by atoms with Crippen molar-refractivity contribution in [1.82, 2.24) is 9.37 Å². The lowest BCUT2D eigenvalue weighted by Crippen LogP contribution is -2.35. The molecule has 1 heterocycles. The lowest BCUT2D eigenvalue weighted by Gasteiger charge is -2.15. The number of esters is 1. The smallest absolute Gasteiger partial charge is 0.338 e. The zero-order valence-electron chi connectivity index (χ0n) is 13.8. The number of rotatable bonds is 6. The van der Waals surface area contributed by atoms with Crippen LogP contribution >= 0.6 is 0 Å². The normalized spacial score (nSPS) is 14.8. The quantitative estimate of drug-likeness (QED) is 0.519. The van der Waals surface area contributed by atoms with Gasteiger partial charge < -0.3 is 4.74 Å². The van der Waals surface area contributed by atoms with Crippen LogP contribution in [0.5, 0.6) is 0 Å². The average Bonchev–Trinajstić information content (AvgIpc) is 3.04. The first kappa shape index (κ1) is 19.0. The molecule has 1 saturated heterocycles. The number of carbonyl (C=O) groups excluding carboxylic acids is 3. The first-order valence-corrected chi connectivity index (χ1v) is 8.85. The van der Waals surface area contributed by atoms with Gasteiger partial charge in [-0.2, -0.15) is 0 Å². The van der Waals surface area contributed by atoms with E-state index in [1.54, 1.807) is 0 Å². The first-order chi connectivity index (χ1) is 11.8. The molecule has 0 aromatic heterocycles. The van der Waals surface area contributed by atoms with E-state index in [0.717, 1.165) is 11.0 Å². The van der Waals surface area contributed by atoms with Gasteiger partial charge in [-0.05, 0) is 24.6 Å². The zero-order valence-corrected chi connectivity index (χ0v) is 14.6. The van der Waals surface area contributed by atoms with Crippen molar-refractivity contribution in [3.05, 3.63) is 29.8 Å². The molecule has 2 amide bonds. The topological polar surface area (TPSA) is 110 Å². The number of hydroxylamine groups is 1. The van der Waals surface area contributed by atoms with E-state index < -0.39 is 28.5 Å². The van der Waals surface area contributed by atoms with Gasteiger partial charge in [0.05, 0.1) is 17.6 Å². The number of benzene rings is 1. The summed E-state index contributed by atoms with van der Waals surface area (Å²) in [6, 6.07) is 5.16. The van der Waals surface area contributed by atoms with Gasteiger partial charge in [-0.1, -0.05) is 10.5 Å². The number of nitrogens with zero attached hydrogens (tertiary/aromatic N) is 2. The molecule has 1 fully saturated rings. The summed E-state index contributed by atoms with van der Waals surface area (Å²) in [4.78, 5) is 40.9. The maximum absolute atomic E-state index is 12.2. The van der Waals surface area contributed by atoms with E-state index in [1.165, 1.54) is 32.4 Å². The molecule has 0 radical (unpaired) electrons. The van der Waals surface area contributed by atoms with E-state index >= 15 is 0 Å². The molecular weight excluding hydrogens is 352 g/mol. The molecule has 0 unspecified atom stereocenters. The fourth-order valence-electron chi connectivity index (χ4n) is 2.23. The number of sulfonamides is 1. The van der Waals surface area contributed by atoms with Crippen LogP contribution in [0.2, 0.25) is 0 Å². The molecule has 1 aromatic carbocycles. The zero-order chi connectivity index (χ0) is 18.6. The molecule has 0 saturated carbocycles. The van der Waals surface area contributed by atoms with Crippen molar-refractivity contribution in [2.75, 3.05) is 27.3 Å². The van der Waals surface area contributed by atoms with Crippen molar-refractivity contribution < 1.29 is 32.4 Å². The summed E-state index contributed by atoms with van der Waals surface area (Å²) in [6.07, 6.45) is 0.887. The third-order valence-electron chi connectivity index (χ3n) is 3.66. The summed E-state index contributed by atoms with van der Waals surface area (Å²) in [6.45, 7) is -0.272. The maximum Gasteiger partial charge on any atom is 0.338 e. The van der Waals surface area contributed by atoms with E-state index in [-0.39, 0.29) is 16.4 Å². The fraction of sp³-hybridized carbons (Fsp3) is 0.400. The minimum absolute atomic E-state index is 0.0360. The second kappa shape index (κ2) is 7.72. The molecule has 0 spiro atoms. The third-order valence-corrected chi connectivity index (χ3v) is 5.34. The summed E-state index contributed by atoms with van der Waals surface area (Å²) in [7, 11) is -1.50. The number of ether oxygens (including phenoxy) is 1. The minimum Gasteiger partial charge on any atom is -0.452 e. The standard InChI is InChI=1S/C15H18N2O7S/c1-16(23-2)25(21,22)12-6-3-5-11(9-12)15(20)24-10-14(19)17-8-4-7-13(17)18/h3,5-6,9H,4,7-8,10H2,1-2H3. The van der Waals surface area contributed by atoms with Gasteiger partial charge in [-0.3, -0.25) is 19.3 Å². The predicted octanol–water partition coefficient (Wildman–Crippen LogP) is 0.174. The number of carbonyl (C=O) groups is 3. The summed E-state index contributed by atoms with van der Waals surface area (Å²) in [5.74, 6) is -1.76. The van der Waals surface area contributed by atoms with E-state index in [2.05, 4.69) is 4.84 Å². The Kier molecular flexibility index (Phi) is 5.88. The van der Waals surface area contributed by atoms with Crippen LogP contribution in [0.4, 0.5) is 0 Å². The second-order valence-corrected chi connectivity index (χ2v) is 7.18. The van der Waals surface area contributed by atoms with Crippen LogP contribution in [0.25, 0.3) is 0 Å². The van der Waals surface area contributed by atoms with Crippen LogP contribution in [0.1, 0.15) is 23.2 Å². The highest BCUT2D eigenvalue weighted by molar-refractivity contribution is 7.89. The number of hydrogen-bond acceptors (Lipinski definition) is 7. The summed E-state index contributed by atoms with van der Waals surface area (Å²) < 4.78 is 29.9. The molecule has 1 aromatic rings. The van der Waals surface area contributed by atoms with Crippen LogP contribution in [0, 0.1) is 0 Å². The summed E-state index contributed by atoms with van der Waals surface area (Å²) >= 11 is 0. The van der Waals surface area contributed by atoms with Crippen LogP contribution in [-0.4, -0.2) is 62.9 Å². The highest BCUT2D eigenvalue weighted by Gasteiger charge is 2.27. The summed E-state index contributed by atoms with van der Waals surface area (Å²) in [5.41, 5.74) is -0.0360. The highest BCUT2D eigenvalue weighted by Crippen LogP contribution is 2.17. The third kappa shape index (κ3) is 4.21. The average molecular weight is 370 g/mol. The number of hydrogen-bond donors (Lipinski definition) is 0. The lowest BCUT2D eigenvalue weighted by molar-refractivity contribution is -0.143. The SMILES string of the molecule is CON(C)S(=O)(=O)c1cccc(C(=O)OCC(=O)N2CCCC2=O)c1. The van der Waals surface area contributed by atoms with Gasteiger partial charge in [0.2, 0.25) is 5.91 Å². The van der Waals surface area contributed by atoms with E-state index in [9.17, 15) is 22.8 Å². The van der Waals surface area contributed by atoms with Crippen molar-refractivity contribution in [2.24, 2.45) is 0 Å². The molecule has 10 heteroatoms. The van der Waals surface area contributed by atoms with Crippen LogP contribution < -0.4 is 0 Å². The van der Waals surface area contributed by atoms with Gasteiger partial charge in [-0.25, -0.2) is 13.2 Å². The van der Waals surface area contributed by atoms with Crippen LogP contribution in [0.15, 0.2) is 29.2 Å². The second-order valence-electron chi connectivity index (χ2n) is 5.24. The molecule has 136 valence electrons. The summed E-state index contributed by atoms with van der Waals surface area (Å²) in [5, 5.41) is 0. The predicted molar refractivity (Wildman–Crippen MR) is 84.6 cm³/mol. The Balaban J connectivity index is 2.06. The Morgan fingerprint density at radius 2 is 2.04 bits per heavy atom. The Morgan fingerprint density at radius 1 is 1.32 bits per heavy atom. The molecule has 1 aliphatic heterocycles. The molecule has 1 aliphatic rings. The van der Waals surface area contributed by atoms with Crippen molar-refractivity contribution in [3.8, 4) is 0 Å². The molecule has 0 bridgehead atoms. The fourth-order valence-corrected chi connectivity index (χ4v) is 3.25. The van der Waals surface area contributed by atoms with E-state index in [4.69, 9.17) is 4.74 Å². The van der Waals surface area contributed by atoms with Gasteiger partial charge in [0.1, 0.15) is 0 Å². The molecule has 9 nitrogen and oxygen atoms in total. The molecule has 0 N–H and O–H groups in total. The minimum atomic E-state index is -3.91. The molecule has 2 rings (SSSR count). The number of imide groups is 1. The lowest BCUT2D eigenvalue weighted by atomic mass is 10.2. The van der Waals surface area contributed by atoms with Crippen molar-refractivity contribution in [2.45, 2.75) is 17.7 Å². The largest absolute Gasteiger partial charge is 0.452 e. The van der Waals surface area contributed by atoms with E-state index in [1.807, 2.05) is 0 Å². The van der Waals surface area contributed by atoms with Crippen molar-refractivity contribution >= 4 is 27.8 Å². The van der Waals surface area contributed by atoms with Crippen molar-refractivity contribution in [1.29, 1.82) is 0 Å². The van der Waals surface area contributed by atoms with Gasteiger partial charge in [-0.15, -0.1) is 0 Å². The highest BCUT2D eigenvalue weighted by atomic mass is 32.2. The van der Waals surface area contributed by atoms with Gasteiger partial charge >= 0.3 is 5.97 Å². The number of likely N-dealkylation sites (tertiary alicyclic amines) is 1. The molecule has 0 aliphatic carbocycles. The van der Waals surface area contributed by atoms with E-state index in [0.29, 0.717) is 23.9 Å². The molecule has 0 atom stereocenters. The van der Waals surface area contributed by atoms with Gasteiger partial charge in [0.15, 0.2) is 6.61 Å². The Labute approximate surface area is 145 Å². The number of amides is 2. The Bertz CT molecular complexity index is 791. The van der Waals surface area contributed by atoms with Crippen LogP contribution in [0.3, 0.4) is 0 Å². The van der Waals surface area contributed by atoms with Gasteiger partial charge in [0, 0.05) is 20.0 Å². The van der Waals surface area contributed by atoms with Gasteiger partial charge in [0.25, 0.3) is 15.9 Å². The Hall–Kier alpha value is -2.30. The maximum atomic E-state index is 12.2. The molecule has 25 heavy (non-hydrogen) atoms. The Morgan fingerprint density at radius 3 is 2.64 bits per heavy atom. The van der Waals surface area contributed by atoms with Crippen molar-refractivity contribution in [3.63, 3.8) is 0 Å². The first-order valence-electron chi connectivity index (χ1n) is 7.41. The monoisotopic (exact) mass is 370 g/mol. The molecular formula is C15H18N2O7S.